The lowest BCUT2D eigenvalue weighted by Crippen LogP contribution is -2.35. The zero-order valence-corrected chi connectivity index (χ0v) is 11.8. The molecule has 1 aromatic rings. The van der Waals surface area contributed by atoms with E-state index in [9.17, 15) is 0 Å². The molecule has 2 N–H and O–H groups in total. The highest BCUT2D eigenvalue weighted by Gasteiger charge is 2.23. The number of benzene rings is 1. The van der Waals surface area contributed by atoms with Crippen LogP contribution >= 0.6 is 0 Å². The maximum Gasteiger partial charge on any atom is 0.119 e. The van der Waals surface area contributed by atoms with Gasteiger partial charge in [0.25, 0.3) is 0 Å². The smallest absolute Gasteiger partial charge is 0.119 e. The van der Waals surface area contributed by atoms with Gasteiger partial charge in [0.05, 0.1) is 6.10 Å². The van der Waals surface area contributed by atoms with Gasteiger partial charge in [-0.1, -0.05) is 32.9 Å². The summed E-state index contributed by atoms with van der Waals surface area (Å²) in [6, 6.07) is 8.73. The molecule has 1 aromatic carbocycles. The van der Waals surface area contributed by atoms with E-state index in [1.165, 1.54) is 18.4 Å². The van der Waals surface area contributed by atoms with E-state index in [2.05, 4.69) is 45.0 Å². The SMILES string of the molecule is CC(C)(C)C(N)CCc1ccc(OC2CC2)cc1. The van der Waals surface area contributed by atoms with Crippen LogP contribution in [-0.2, 0) is 6.42 Å². The molecule has 0 spiro atoms. The second-order valence-electron chi connectivity index (χ2n) is 6.47. The monoisotopic (exact) mass is 247 g/mol. The van der Waals surface area contributed by atoms with Gasteiger partial charge in [0.1, 0.15) is 5.75 Å². The highest BCUT2D eigenvalue weighted by Crippen LogP contribution is 2.27. The molecular formula is C16H25NO. The summed E-state index contributed by atoms with van der Waals surface area (Å²) in [7, 11) is 0. The summed E-state index contributed by atoms with van der Waals surface area (Å²) >= 11 is 0. The molecule has 100 valence electrons. The lowest BCUT2D eigenvalue weighted by atomic mass is 9.84. The third-order valence-corrected chi connectivity index (χ3v) is 3.61. The van der Waals surface area contributed by atoms with E-state index in [1.807, 2.05) is 0 Å². The zero-order valence-electron chi connectivity index (χ0n) is 11.8. The van der Waals surface area contributed by atoms with Gasteiger partial charge in [0.2, 0.25) is 0 Å². The molecular weight excluding hydrogens is 222 g/mol. The van der Waals surface area contributed by atoms with E-state index in [0.717, 1.165) is 18.6 Å². The van der Waals surface area contributed by atoms with Crippen LogP contribution in [0.4, 0.5) is 0 Å². The minimum Gasteiger partial charge on any atom is -0.490 e. The molecule has 0 aromatic heterocycles. The van der Waals surface area contributed by atoms with Crippen molar-refractivity contribution >= 4 is 0 Å². The van der Waals surface area contributed by atoms with Gasteiger partial charge >= 0.3 is 0 Å². The average molecular weight is 247 g/mol. The lowest BCUT2D eigenvalue weighted by Gasteiger charge is -2.27. The van der Waals surface area contributed by atoms with Crippen LogP contribution in [0.25, 0.3) is 0 Å². The Bertz CT molecular complexity index is 373. The van der Waals surface area contributed by atoms with Crippen molar-refractivity contribution in [3.05, 3.63) is 29.8 Å². The molecule has 1 atom stereocenters. The van der Waals surface area contributed by atoms with Gasteiger partial charge in [-0.15, -0.1) is 0 Å². The predicted octanol–water partition coefficient (Wildman–Crippen LogP) is 3.53. The first kappa shape index (κ1) is 13.4. The molecule has 1 aliphatic carbocycles. The molecule has 0 amide bonds. The molecule has 18 heavy (non-hydrogen) atoms. The van der Waals surface area contributed by atoms with Crippen LogP contribution in [0.5, 0.6) is 5.75 Å². The summed E-state index contributed by atoms with van der Waals surface area (Å²) in [5.74, 6) is 1.00. The van der Waals surface area contributed by atoms with Crippen molar-refractivity contribution in [3.8, 4) is 5.75 Å². The first-order valence-corrected chi connectivity index (χ1v) is 6.96. The van der Waals surface area contributed by atoms with E-state index in [0.29, 0.717) is 6.10 Å². The van der Waals surface area contributed by atoms with Crippen molar-refractivity contribution in [1.82, 2.24) is 0 Å². The Hall–Kier alpha value is -1.02. The van der Waals surface area contributed by atoms with Crippen molar-refractivity contribution < 1.29 is 4.74 Å². The molecule has 1 saturated carbocycles. The highest BCUT2D eigenvalue weighted by molar-refractivity contribution is 5.28. The average Bonchev–Trinajstić information content (AvgIpc) is 3.10. The first-order valence-electron chi connectivity index (χ1n) is 6.96. The van der Waals surface area contributed by atoms with Gasteiger partial charge in [0, 0.05) is 6.04 Å². The Morgan fingerprint density at radius 3 is 2.33 bits per heavy atom. The number of rotatable bonds is 5. The van der Waals surface area contributed by atoms with Crippen LogP contribution < -0.4 is 10.5 Å². The molecule has 0 saturated heterocycles. The molecule has 2 nitrogen and oxygen atoms in total. The Morgan fingerprint density at radius 1 is 1.22 bits per heavy atom. The normalized spacial score (nSPS) is 17.6. The predicted molar refractivity (Wildman–Crippen MR) is 75.8 cm³/mol. The quantitative estimate of drug-likeness (QED) is 0.864. The van der Waals surface area contributed by atoms with E-state index < -0.39 is 0 Å². The van der Waals surface area contributed by atoms with Gasteiger partial charge in [-0.05, 0) is 48.8 Å². The fraction of sp³-hybridized carbons (Fsp3) is 0.625. The standard InChI is InChI=1S/C16H25NO/c1-16(2,3)15(17)11-6-12-4-7-13(8-5-12)18-14-9-10-14/h4-5,7-8,14-15H,6,9-11,17H2,1-3H3. The van der Waals surface area contributed by atoms with Crippen LogP contribution in [-0.4, -0.2) is 12.1 Å². The Kier molecular flexibility index (Phi) is 3.96. The fourth-order valence-corrected chi connectivity index (χ4v) is 1.87. The molecule has 1 aliphatic rings. The largest absolute Gasteiger partial charge is 0.490 e. The van der Waals surface area contributed by atoms with Crippen molar-refractivity contribution in [3.63, 3.8) is 0 Å². The molecule has 0 aliphatic heterocycles. The van der Waals surface area contributed by atoms with Gasteiger partial charge < -0.3 is 10.5 Å². The van der Waals surface area contributed by atoms with Crippen LogP contribution in [0.1, 0.15) is 45.6 Å². The lowest BCUT2D eigenvalue weighted by molar-refractivity contribution is 0.302. The summed E-state index contributed by atoms with van der Waals surface area (Å²) in [6.07, 6.45) is 4.98. The first-order chi connectivity index (χ1) is 8.45. The number of hydrogen-bond acceptors (Lipinski definition) is 2. The van der Waals surface area contributed by atoms with Crippen LogP contribution in [0.2, 0.25) is 0 Å². The van der Waals surface area contributed by atoms with E-state index in [1.54, 1.807) is 0 Å². The molecule has 2 rings (SSSR count). The van der Waals surface area contributed by atoms with Crippen molar-refractivity contribution in [2.45, 2.75) is 58.6 Å². The van der Waals surface area contributed by atoms with Crippen molar-refractivity contribution in [2.75, 3.05) is 0 Å². The number of nitrogens with two attached hydrogens (primary N) is 1. The summed E-state index contributed by atoms with van der Waals surface area (Å²) in [6.45, 7) is 6.60. The number of ether oxygens (including phenoxy) is 1. The zero-order chi connectivity index (χ0) is 13.2. The molecule has 0 bridgehead atoms. The second-order valence-corrected chi connectivity index (χ2v) is 6.47. The summed E-state index contributed by atoms with van der Waals surface area (Å²) < 4.78 is 5.74. The van der Waals surface area contributed by atoms with Crippen LogP contribution in [0.3, 0.4) is 0 Å². The molecule has 1 unspecified atom stereocenters. The third kappa shape index (κ3) is 4.02. The van der Waals surface area contributed by atoms with Crippen molar-refractivity contribution in [1.29, 1.82) is 0 Å². The summed E-state index contributed by atoms with van der Waals surface area (Å²) in [5, 5.41) is 0. The number of hydrogen-bond donors (Lipinski definition) is 1. The summed E-state index contributed by atoms with van der Waals surface area (Å²) in [5.41, 5.74) is 7.71. The number of aryl methyl sites for hydroxylation is 1. The summed E-state index contributed by atoms with van der Waals surface area (Å²) in [4.78, 5) is 0. The van der Waals surface area contributed by atoms with Gasteiger partial charge in [-0.3, -0.25) is 0 Å². The van der Waals surface area contributed by atoms with Gasteiger partial charge in [-0.25, -0.2) is 0 Å². The second kappa shape index (κ2) is 5.31. The van der Waals surface area contributed by atoms with E-state index >= 15 is 0 Å². The highest BCUT2D eigenvalue weighted by atomic mass is 16.5. The minimum atomic E-state index is 0.190. The maximum absolute atomic E-state index is 6.18. The van der Waals surface area contributed by atoms with Gasteiger partial charge in [-0.2, -0.15) is 0 Å². The van der Waals surface area contributed by atoms with E-state index in [4.69, 9.17) is 10.5 Å². The molecule has 0 radical (unpaired) electrons. The molecule has 0 heterocycles. The van der Waals surface area contributed by atoms with Gasteiger partial charge in [0.15, 0.2) is 0 Å². The fourth-order valence-electron chi connectivity index (χ4n) is 1.87. The molecule has 1 fully saturated rings. The van der Waals surface area contributed by atoms with Crippen LogP contribution in [0, 0.1) is 5.41 Å². The Morgan fingerprint density at radius 2 is 1.83 bits per heavy atom. The van der Waals surface area contributed by atoms with E-state index in [-0.39, 0.29) is 11.5 Å². The van der Waals surface area contributed by atoms with Crippen LogP contribution in [0.15, 0.2) is 24.3 Å². The van der Waals surface area contributed by atoms with Crippen molar-refractivity contribution in [2.24, 2.45) is 11.1 Å². The third-order valence-electron chi connectivity index (χ3n) is 3.61. The Balaban J connectivity index is 1.82. The minimum absolute atomic E-state index is 0.190. The topological polar surface area (TPSA) is 35.2 Å². The molecule has 2 heteroatoms. The Labute approximate surface area is 111 Å². The maximum atomic E-state index is 6.18.